The van der Waals surface area contributed by atoms with E-state index in [1.165, 1.54) is 6.07 Å². The Kier molecular flexibility index (Phi) is 3.64. The Hall–Kier alpha value is -1.21. The minimum absolute atomic E-state index is 0.155. The first-order chi connectivity index (χ1) is 9.58. The molecule has 1 unspecified atom stereocenters. The number of imidazole rings is 1. The van der Waals surface area contributed by atoms with Crippen LogP contribution in [0.15, 0.2) is 42.5 Å². The molecule has 0 aliphatic rings. The van der Waals surface area contributed by atoms with Gasteiger partial charge in [0.2, 0.25) is 0 Å². The zero-order valence-electron chi connectivity index (χ0n) is 10.7. The van der Waals surface area contributed by atoms with Crippen molar-refractivity contribution >= 4 is 45.8 Å². The standard InChI is InChI=1S/C15H12FIN2S/c1-9(11-4-2-3-5-12(11)16)19-14-7-6-10(17)8-13(14)18-15(19)20/h2-9H,1H3,(H,18,20). The van der Waals surface area contributed by atoms with Crippen molar-refractivity contribution in [3.63, 3.8) is 0 Å². The average Bonchev–Trinajstić information content (AvgIpc) is 2.73. The molecule has 0 bridgehead atoms. The lowest BCUT2D eigenvalue weighted by atomic mass is 10.1. The van der Waals surface area contributed by atoms with Gasteiger partial charge >= 0.3 is 0 Å². The summed E-state index contributed by atoms with van der Waals surface area (Å²) >= 11 is 7.66. The first kappa shape index (κ1) is 13.8. The highest BCUT2D eigenvalue weighted by atomic mass is 127. The maximum absolute atomic E-state index is 14.0. The van der Waals surface area contributed by atoms with Crippen LogP contribution in [0.1, 0.15) is 18.5 Å². The van der Waals surface area contributed by atoms with Gasteiger partial charge in [-0.15, -0.1) is 0 Å². The topological polar surface area (TPSA) is 20.7 Å². The average molecular weight is 398 g/mol. The van der Waals surface area contributed by atoms with Gasteiger partial charge in [-0.2, -0.15) is 0 Å². The summed E-state index contributed by atoms with van der Waals surface area (Å²) in [6.45, 7) is 1.96. The van der Waals surface area contributed by atoms with Crippen LogP contribution >= 0.6 is 34.8 Å². The molecule has 1 N–H and O–H groups in total. The second-order valence-corrected chi connectivity index (χ2v) is 6.29. The maximum Gasteiger partial charge on any atom is 0.178 e. The molecule has 102 valence electrons. The summed E-state index contributed by atoms with van der Waals surface area (Å²) in [5.74, 6) is -0.207. The predicted molar refractivity (Wildman–Crippen MR) is 90.1 cm³/mol. The van der Waals surface area contributed by atoms with Crippen LogP contribution in [-0.4, -0.2) is 9.55 Å². The third-order valence-corrected chi connectivity index (χ3v) is 4.39. The van der Waals surface area contributed by atoms with Gasteiger partial charge in [-0.05, 0) is 66.0 Å². The van der Waals surface area contributed by atoms with E-state index in [1.807, 2.05) is 35.8 Å². The SMILES string of the molecule is CC(c1ccccc1F)n1c(=S)[nH]c2cc(I)ccc21. The highest BCUT2D eigenvalue weighted by Gasteiger charge is 2.16. The number of aromatic nitrogens is 2. The first-order valence-corrected chi connectivity index (χ1v) is 7.71. The van der Waals surface area contributed by atoms with E-state index in [-0.39, 0.29) is 11.9 Å². The van der Waals surface area contributed by atoms with Crippen molar-refractivity contribution < 1.29 is 4.39 Å². The Morgan fingerprint density at radius 2 is 2.00 bits per heavy atom. The molecule has 1 atom stereocenters. The third-order valence-electron chi connectivity index (χ3n) is 3.42. The van der Waals surface area contributed by atoms with Crippen molar-refractivity contribution in [1.29, 1.82) is 0 Å². The Bertz CT molecular complexity index is 837. The van der Waals surface area contributed by atoms with Gasteiger partial charge in [0, 0.05) is 9.13 Å². The van der Waals surface area contributed by atoms with Crippen molar-refractivity contribution in [3.8, 4) is 0 Å². The van der Waals surface area contributed by atoms with E-state index in [0.717, 1.165) is 14.6 Å². The Labute approximate surface area is 134 Å². The van der Waals surface area contributed by atoms with Crippen molar-refractivity contribution in [2.24, 2.45) is 0 Å². The number of fused-ring (bicyclic) bond motifs is 1. The van der Waals surface area contributed by atoms with Crippen LogP contribution in [0.2, 0.25) is 0 Å². The number of halogens is 2. The van der Waals surface area contributed by atoms with E-state index in [9.17, 15) is 4.39 Å². The van der Waals surface area contributed by atoms with Crippen LogP contribution in [-0.2, 0) is 0 Å². The van der Waals surface area contributed by atoms with Crippen LogP contribution in [0.4, 0.5) is 4.39 Å². The summed E-state index contributed by atoms with van der Waals surface area (Å²) in [5.41, 5.74) is 2.61. The van der Waals surface area contributed by atoms with Gasteiger partial charge in [-0.25, -0.2) is 4.39 Å². The monoisotopic (exact) mass is 398 g/mol. The highest BCUT2D eigenvalue weighted by Crippen LogP contribution is 2.26. The number of aromatic amines is 1. The van der Waals surface area contributed by atoms with Gasteiger partial charge in [-0.1, -0.05) is 18.2 Å². The Morgan fingerprint density at radius 3 is 2.75 bits per heavy atom. The first-order valence-electron chi connectivity index (χ1n) is 6.22. The number of benzene rings is 2. The molecule has 0 aliphatic heterocycles. The molecule has 0 radical (unpaired) electrons. The number of hydrogen-bond acceptors (Lipinski definition) is 1. The minimum Gasteiger partial charge on any atom is -0.331 e. The van der Waals surface area contributed by atoms with E-state index in [4.69, 9.17) is 12.2 Å². The summed E-state index contributed by atoms with van der Waals surface area (Å²) in [4.78, 5) is 3.19. The molecular weight excluding hydrogens is 386 g/mol. The van der Waals surface area contributed by atoms with Crippen molar-refractivity contribution in [2.75, 3.05) is 0 Å². The van der Waals surface area contributed by atoms with Crippen LogP contribution < -0.4 is 0 Å². The molecule has 3 aromatic rings. The molecule has 0 saturated heterocycles. The van der Waals surface area contributed by atoms with Crippen molar-refractivity contribution in [3.05, 3.63) is 62.2 Å². The Balaban J connectivity index is 2.22. The van der Waals surface area contributed by atoms with Crippen molar-refractivity contribution in [2.45, 2.75) is 13.0 Å². The van der Waals surface area contributed by atoms with Gasteiger partial charge in [-0.3, -0.25) is 0 Å². The highest BCUT2D eigenvalue weighted by molar-refractivity contribution is 14.1. The largest absolute Gasteiger partial charge is 0.331 e. The smallest absolute Gasteiger partial charge is 0.178 e. The lowest BCUT2D eigenvalue weighted by Gasteiger charge is -2.15. The van der Waals surface area contributed by atoms with Crippen LogP contribution in [0.25, 0.3) is 11.0 Å². The fourth-order valence-corrected chi connectivity index (χ4v) is 3.30. The van der Waals surface area contributed by atoms with Crippen molar-refractivity contribution in [1.82, 2.24) is 9.55 Å². The third kappa shape index (κ3) is 2.29. The summed E-state index contributed by atoms with van der Waals surface area (Å²) < 4.78 is 17.7. The van der Waals surface area contributed by atoms with E-state index in [2.05, 4.69) is 27.6 Å². The van der Waals surface area contributed by atoms with Gasteiger partial charge in [0.25, 0.3) is 0 Å². The second kappa shape index (κ2) is 5.29. The van der Waals surface area contributed by atoms with Crippen LogP contribution in [0.3, 0.4) is 0 Å². The van der Waals surface area contributed by atoms with Gasteiger partial charge < -0.3 is 9.55 Å². The maximum atomic E-state index is 14.0. The second-order valence-electron chi connectivity index (χ2n) is 4.66. The van der Waals surface area contributed by atoms with E-state index in [0.29, 0.717) is 10.3 Å². The minimum atomic E-state index is -0.207. The molecule has 20 heavy (non-hydrogen) atoms. The van der Waals surface area contributed by atoms with Gasteiger partial charge in [0.15, 0.2) is 4.77 Å². The predicted octanol–water partition coefficient (Wildman–Crippen LogP) is 5.05. The molecule has 0 spiro atoms. The molecule has 2 aromatic carbocycles. The zero-order valence-corrected chi connectivity index (χ0v) is 13.7. The lowest BCUT2D eigenvalue weighted by Crippen LogP contribution is -2.08. The molecule has 0 aliphatic carbocycles. The van der Waals surface area contributed by atoms with Crippen LogP contribution in [0.5, 0.6) is 0 Å². The summed E-state index contributed by atoms with van der Waals surface area (Å²) in [7, 11) is 0. The zero-order chi connectivity index (χ0) is 14.3. The number of H-pyrrole nitrogens is 1. The summed E-state index contributed by atoms with van der Waals surface area (Å²) in [5, 5.41) is 0. The number of nitrogens with zero attached hydrogens (tertiary/aromatic N) is 1. The summed E-state index contributed by atoms with van der Waals surface area (Å²) in [6, 6.07) is 12.7. The van der Waals surface area contributed by atoms with E-state index >= 15 is 0 Å². The number of hydrogen-bond donors (Lipinski definition) is 1. The van der Waals surface area contributed by atoms with E-state index < -0.39 is 0 Å². The molecular formula is C15H12FIN2S. The molecule has 2 nitrogen and oxygen atoms in total. The molecule has 3 rings (SSSR count). The molecule has 1 heterocycles. The Morgan fingerprint density at radius 1 is 1.25 bits per heavy atom. The van der Waals surface area contributed by atoms with Gasteiger partial charge in [0.1, 0.15) is 5.82 Å². The van der Waals surface area contributed by atoms with Crippen LogP contribution in [0, 0.1) is 14.2 Å². The number of rotatable bonds is 2. The molecule has 1 aromatic heterocycles. The quantitative estimate of drug-likeness (QED) is 0.473. The van der Waals surface area contributed by atoms with Gasteiger partial charge in [0.05, 0.1) is 17.1 Å². The molecule has 5 heteroatoms. The fourth-order valence-electron chi connectivity index (χ4n) is 2.44. The molecule has 0 amide bonds. The summed E-state index contributed by atoms with van der Waals surface area (Å²) in [6.07, 6.45) is 0. The number of nitrogens with one attached hydrogen (secondary N) is 1. The lowest BCUT2D eigenvalue weighted by molar-refractivity contribution is 0.561. The molecule has 0 saturated carbocycles. The fraction of sp³-hybridized carbons (Fsp3) is 0.133. The molecule has 0 fully saturated rings. The normalized spacial score (nSPS) is 12.8. The van der Waals surface area contributed by atoms with E-state index in [1.54, 1.807) is 12.1 Å².